The molecule has 27 heavy (non-hydrogen) atoms. The summed E-state index contributed by atoms with van der Waals surface area (Å²) in [6.07, 6.45) is 1.62. The van der Waals surface area contributed by atoms with Crippen LogP contribution in [-0.2, 0) is 4.79 Å². The fraction of sp³-hybridized carbons (Fsp3) is 0.400. The van der Waals surface area contributed by atoms with E-state index in [1.807, 2.05) is 12.1 Å². The van der Waals surface area contributed by atoms with E-state index in [-0.39, 0.29) is 23.5 Å². The van der Waals surface area contributed by atoms with E-state index in [0.29, 0.717) is 17.0 Å². The zero-order valence-electron chi connectivity index (χ0n) is 15.8. The van der Waals surface area contributed by atoms with Crippen molar-refractivity contribution in [3.8, 4) is 0 Å². The molecule has 0 saturated carbocycles. The van der Waals surface area contributed by atoms with E-state index in [4.69, 9.17) is 4.42 Å². The van der Waals surface area contributed by atoms with Crippen molar-refractivity contribution in [2.75, 3.05) is 25.4 Å². The minimum Gasteiger partial charge on any atom is -0.468 e. The largest absolute Gasteiger partial charge is 0.468 e. The number of carbonyl (C=O) groups is 2. The third kappa shape index (κ3) is 5.94. The fourth-order valence-corrected chi connectivity index (χ4v) is 3.55. The number of ketones is 1. The Morgan fingerprint density at radius 1 is 1.26 bits per heavy atom. The first-order valence-corrected chi connectivity index (χ1v) is 9.92. The molecule has 2 rings (SSSR count). The van der Waals surface area contributed by atoms with Crippen LogP contribution in [0.4, 0.5) is 4.39 Å². The molecule has 1 aromatic carbocycles. The molecule has 0 bridgehead atoms. The molecule has 1 unspecified atom stereocenters. The lowest BCUT2D eigenvalue weighted by Crippen LogP contribution is -2.38. The lowest BCUT2D eigenvalue weighted by atomic mass is 10.1. The quantitative estimate of drug-likeness (QED) is 0.491. The van der Waals surface area contributed by atoms with E-state index in [2.05, 4.69) is 24.1 Å². The number of halogens is 1. The Hall–Kier alpha value is -2.12. The Balaban J connectivity index is 1.92. The summed E-state index contributed by atoms with van der Waals surface area (Å²) < 4.78 is 19.5. The summed E-state index contributed by atoms with van der Waals surface area (Å²) in [5.74, 6) is 0.0383. The molecule has 1 aromatic heterocycles. The molecular formula is C20H25FN2O3S. The fourth-order valence-electron chi connectivity index (χ4n) is 2.80. The first-order valence-electron chi connectivity index (χ1n) is 8.93. The molecule has 0 aliphatic rings. The van der Waals surface area contributed by atoms with E-state index in [1.165, 1.54) is 19.1 Å². The monoisotopic (exact) mass is 392 g/mol. The zero-order valence-corrected chi connectivity index (χ0v) is 16.6. The number of thioether (sulfide) groups is 1. The molecular weight excluding hydrogens is 367 g/mol. The minimum absolute atomic E-state index is 0.0458. The van der Waals surface area contributed by atoms with E-state index < -0.39 is 5.82 Å². The van der Waals surface area contributed by atoms with Crippen LogP contribution in [-0.4, -0.2) is 42.0 Å². The third-order valence-electron chi connectivity index (χ3n) is 4.31. The average molecular weight is 392 g/mol. The molecule has 1 atom stereocenters. The van der Waals surface area contributed by atoms with Crippen molar-refractivity contribution < 1.29 is 18.4 Å². The van der Waals surface area contributed by atoms with E-state index >= 15 is 0 Å². The van der Waals surface area contributed by atoms with Gasteiger partial charge in [0.05, 0.1) is 18.1 Å². The van der Waals surface area contributed by atoms with Crippen LogP contribution < -0.4 is 5.32 Å². The highest BCUT2D eigenvalue weighted by Gasteiger charge is 2.21. The first-order chi connectivity index (χ1) is 13.0. The van der Waals surface area contributed by atoms with Crippen molar-refractivity contribution in [1.82, 2.24) is 10.2 Å². The molecule has 0 fully saturated rings. The van der Waals surface area contributed by atoms with E-state index in [0.717, 1.165) is 30.6 Å². The normalized spacial score (nSPS) is 12.2. The molecule has 0 aliphatic heterocycles. The molecule has 0 spiro atoms. The second-order valence-electron chi connectivity index (χ2n) is 6.05. The van der Waals surface area contributed by atoms with Crippen LogP contribution in [0.25, 0.3) is 0 Å². The summed E-state index contributed by atoms with van der Waals surface area (Å²) in [4.78, 5) is 26.0. The number of benzene rings is 1. The second-order valence-corrected chi connectivity index (χ2v) is 7.06. The summed E-state index contributed by atoms with van der Waals surface area (Å²) in [7, 11) is 0. The van der Waals surface area contributed by atoms with Crippen molar-refractivity contribution in [2.24, 2.45) is 0 Å². The van der Waals surface area contributed by atoms with Gasteiger partial charge in [0.1, 0.15) is 11.6 Å². The van der Waals surface area contributed by atoms with E-state index in [9.17, 15) is 14.0 Å². The number of hydrogen-bond acceptors (Lipinski definition) is 5. The van der Waals surface area contributed by atoms with Gasteiger partial charge in [-0.3, -0.25) is 14.5 Å². The van der Waals surface area contributed by atoms with Crippen molar-refractivity contribution in [1.29, 1.82) is 0 Å². The molecule has 0 aliphatic carbocycles. The Kier molecular flexibility index (Phi) is 8.06. The average Bonchev–Trinajstić information content (AvgIpc) is 3.18. The Bertz CT molecular complexity index is 761. The van der Waals surface area contributed by atoms with Gasteiger partial charge in [-0.15, -0.1) is 11.8 Å². The molecule has 1 amide bonds. The molecule has 146 valence electrons. The number of hydrogen-bond donors (Lipinski definition) is 1. The molecule has 5 nitrogen and oxygen atoms in total. The Morgan fingerprint density at radius 3 is 2.56 bits per heavy atom. The molecule has 7 heteroatoms. The maximum absolute atomic E-state index is 14.0. The van der Waals surface area contributed by atoms with Crippen molar-refractivity contribution in [2.45, 2.75) is 31.7 Å². The molecule has 1 N–H and O–H groups in total. The zero-order chi connectivity index (χ0) is 19.8. The maximum atomic E-state index is 14.0. The van der Waals surface area contributed by atoms with Crippen LogP contribution >= 0.6 is 11.8 Å². The van der Waals surface area contributed by atoms with Gasteiger partial charge < -0.3 is 9.73 Å². The summed E-state index contributed by atoms with van der Waals surface area (Å²) in [6, 6.07) is 7.99. The van der Waals surface area contributed by atoms with Crippen LogP contribution in [0.2, 0.25) is 0 Å². The predicted molar refractivity (Wildman–Crippen MR) is 105 cm³/mol. The maximum Gasteiger partial charge on any atom is 0.230 e. The summed E-state index contributed by atoms with van der Waals surface area (Å²) in [5, 5.41) is 2.90. The Labute approximate surface area is 163 Å². The summed E-state index contributed by atoms with van der Waals surface area (Å²) in [6.45, 7) is 7.59. The number of rotatable bonds is 10. The topological polar surface area (TPSA) is 62.6 Å². The van der Waals surface area contributed by atoms with Crippen molar-refractivity contribution in [3.05, 3.63) is 53.7 Å². The predicted octanol–water partition coefficient (Wildman–Crippen LogP) is 3.91. The Morgan fingerprint density at radius 2 is 2.00 bits per heavy atom. The molecule has 0 saturated heterocycles. The van der Waals surface area contributed by atoms with Gasteiger partial charge in [0, 0.05) is 17.0 Å². The number of carbonyl (C=O) groups excluding carboxylic acids is 2. The molecule has 2 aromatic rings. The van der Waals surface area contributed by atoms with Gasteiger partial charge in [0.15, 0.2) is 5.78 Å². The van der Waals surface area contributed by atoms with E-state index in [1.54, 1.807) is 12.3 Å². The van der Waals surface area contributed by atoms with Gasteiger partial charge >= 0.3 is 0 Å². The highest BCUT2D eigenvalue weighted by Crippen LogP contribution is 2.23. The number of Topliss-reactive ketones (excluding diaryl/α,β-unsaturated/α-hetero) is 1. The number of likely N-dealkylation sites (N-methyl/N-ethyl adjacent to an activating group) is 1. The number of nitrogens with zero attached hydrogens (tertiary/aromatic N) is 1. The molecule has 0 radical (unpaired) electrons. The summed E-state index contributed by atoms with van der Waals surface area (Å²) in [5.41, 5.74) is 0.321. The van der Waals surface area contributed by atoms with Crippen LogP contribution in [0.5, 0.6) is 0 Å². The van der Waals surface area contributed by atoms with Crippen LogP contribution in [0.3, 0.4) is 0 Å². The van der Waals surface area contributed by atoms with Crippen molar-refractivity contribution >= 4 is 23.5 Å². The number of amides is 1. The molecule has 1 heterocycles. The highest BCUT2D eigenvalue weighted by molar-refractivity contribution is 8.00. The van der Waals surface area contributed by atoms with Gasteiger partial charge in [0.2, 0.25) is 5.91 Å². The third-order valence-corrected chi connectivity index (χ3v) is 5.36. The van der Waals surface area contributed by atoms with Crippen LogP contribution in [0.1, 0.15) is 42.9 Å². The number of nitrogens with one attached hydrogen (secondary N) is 1. The highest BCUT2D eigenvalue weighted by atomic mass is 32.2. The first kappa shape index (κ1) is 21.2. The number of furan rings is 1. The van der Waals surface area contributed by atoms with Crippen LogP contribution in [0.15, 0.2) is 45.9 Å². The second kappa shape index (κ2) is 10.3. The minimum atomic E-state index is -0.489. The lowest BCUT2D eigenvalue weighted by molar-refractivity contribution is -0.118. The summed E-state index contributed by atoms with van der Waals surface area (Å²) >= 11 is 1.11. The standard InChI is InChI=1S/C20H25FN2O3S/c1-4-23(5-2)17(18-7-6-10-26-18)12-22-20(25)13-27-19-9-8-15(14(3)24)11-16(19)21/h6-11,17H,4-5,12-13H2,1-3H3,(H,22,25). The smallest absolute Gasteiger partial charge is 0.230 e. The van der Waals surface area contributed by atoms with Gasteiger partial charge in [-0.1, -0.05) is 19.9 Å². The van der Waals surface area contributed by atoms with Crippen LogP contribution in [0, 0.1) is 5.82 Å². The lowest BCUT2D eigenvalue weighted by Gasteiger charge is -2.28. The van der Waals surface area contributed by atoms with Gasteiger partial charge in [-0.25, -0.2) is 4.39 Å². The SMILES string of the molecule is CCN(CC)C(CNC(=O)CSc1ccc(C(C)=O)cc1F)c1ccco1. The van der Waals surface area contributed by atoms with Crippen molar-refractivity contribution in [3.63, 3.8) is 0 Å². The van der Waals surface area contributed by atoms with Gasteiger partial charge in [0.25, 0.3) is 0 Å². The van der Waals surface area contributed by atoms with Gasteiger partial charge in [-0.2, -0.15) is 0 Å². The van der Waals surface area contributed by atoms with Gasteiger partial charge in [-0.05, 0) is 44.3 Å².